The molecule has 2 unspecified atom stereocenters. The summed E-state index contributed by atoms with van der Waals surface area (Å²) in [6.07, 6.45) is 0.118. The Morgan fingerprint density at radius 1 is 1.18 bits per heavy atom. The molecule has 2 aromatic carbocycles. The minimum Gasteiger partial charge on any atom is -0.392 e. The highest BCUT2D eigenvalue weighted by Crippen LogP contribution is 2.28. The third kappa shape index (κ3) is 7.81. The highest BCUT2D eigenvalue weighted by atomic mass is 19.1. The molecule has 0 saturated carbocycles. The summed E-state index contributed by atoms with van der Waals surface area (Å²) in [6, 6.07) is 14.4. The van der Waals surface area contributed by atoms with E-state index in [0.717, 1.165) is 5.56 Å². The van der Waals surface area contributed by atoms with Gasteiger partial charge in [-0.1, -0.05) is 32.1 Å². The number of rotatable bonds is 11. The Labute approximate surface area is 225 Å². The van der Waals surface area contributed by atoms with Crippen molar-refractivity contribution in [2.75, 3.05) is 0 Å². The number of aliphatic hydroxyl groups excluding tert-OH is 2. The Bertz CT molecular complexity index is 1360. The lowest BCUT2D eigenvalue weighted by Gasteiger charge is -2.13. The number of amides is 1. The second-order valence-corrected chi connectivity index (χ2v) is 9.19. The van der Waals surface area contributed by atoms with Gasteiger partial charge in [0.25, 0.3) is 5.91 Å². The van der Waals surface area contributed by atoms with Crippen molar-refractivity contribution in [3.63, 3.8) is 0 Å². The van der Waals surface area contributed by atoms with E-state index >= 15 is 0 Å². The van der Waals surface area contributed by atoms with Gasteiger partial charge in [0, 0.05) is 18.5 Å². The first-order valence-corrected chi connectivity index (χ1v) is 12.2. The van der Waals surface area contributed by atoms with Crippen molar-refractivity contribution in [1.29, 1.82) is 5.26 Å². The summed E-state index contributed by atoms with van der Waals surface area (Å²) in [5.74, 6) is 2.93. The van der Waals surface area contributed by atoms with Crippen molar-refractivity contribution in [2.24, 2.45) is 5.90 Å². The molecule has 0 bridgehead atoms. The van der Waals surface area contributed by atoms with Crippen LogP contribution in [0.1, 0.15) is 65.5 Å². The number of aliphatic hydroxyl groups is 2. The van der Waals surface area contributed by atoms with Crippen LogP contribution in [0, 0.1) is 17.1 Å². The maximum Gasteiger partial charge on any atom is 0.327 e. The summed E-state index contributed by atoms with van der Waals surface area (Å²) in [4.78, 5) is 28.6. The van der Waals surface area contributed by atoms with Crippen LogP contribution in [0.15, 0.2) is 54.6 Å². The first kappa shape index (κ1) is 29.2. The Balaban J connectivity index is 1.94. The molecule has 39 heavy (non-hydrogen) atoms. The van der Waals surface area contributed by atoms with Crippen LogP contribution in [0.3, 0.4) is 0 Å². The molecule has 0 spiro atoms. The summed E-state index contributed by atoms with van der Waals surface area (Å²) in [5.41, 5.74) is 3.02. The van der Waals surface area contributed by atoms with Gasteiger partial charge in [0.1, 0.15) is 5.82 Å². The number of halogens is 1. The average Bonchev–Trinajstić information content (AvgIpc) is 3.31. The molecule has 0 saturated heterocycles. The smallest absolute Gasteiger partial charge is 0.327 e. The SMILES string of the molecule is CC(C)c1c(C(=O)NCc2ccc(C#N)cc2)nn(-c2ccc(F)cc2)c1C=CC(O)CC(O)CC(=O)ON. The highest BCUT2D eigenvalue weighted by molar-refractivity contribution is 5.95. The van der Waals surface area contributed by atoms with E-state index in [1.54, 1.807) is 30.3 Å². The lowest BCUT2D eigenvalue weighted by atomic mass is 9.98. The van der Waals surface area contributed by atoms with Gasteiger partial charge in [0.05, 0.1) is 41.6 Å². The summed E-state index contributed by atoms with van der Waals surface area (Å²) < 4.78 is 15.1. The molecule has 10 nitrogen and oxygen atoms in total. The number of nitrogens with two attached hydrogens (primary N) is 1. The number of nitrogens with zero attached hydrogens (tertiary/aromatic N) is 3. The fourth-order valence-electron chi connectivity index (χ4n) is 3.97. The van der Waals surface area contributed by atoms with E-state index in [0.29, 0.717) is 22.5 Å². The summed E-state index contributed by atoms with van der Waals surface area (Å²) in [5, 5.41) is 36.8. The molecule has 1 heterocycles. The average molecular weight is 536 g/mol. The summed E-state index contributed by atoms with van der Waals surface area (Å²) >= 11 is 0. The molecular weight excluding hydrogens is 505 g/mol. The molecule has 204 valence electrons. The third-order valence-electron chi connectivity index (χ3n) is 5.88. The normalized spacial score (nSPS) is 12.8. The molecule has 5 N–H and O–H groups in total. The van der Waals surface area contributed by atoms with E-state index in [1.165, 1.54) is 35.0 Å². The van der Waals surface area contributed by atoms with Crippen LogP contribution >= 0.6 is 0 Å². The minimum absolute atomic E-state index is 0.155. The molecule has 3 rings (SSSR count). The number of carbonyl (C=O) groups excluding carboxylic acids is 2. The largest absolute Gasteiger partial charge is 0.392 e. The molecule has 0 aliphatic rings. The second kappa shape index (κ2) is 13.4. The lowest BCUT2D eigenvalue weighted by molar-refractivity contribution is -0.146. The van der Waals surface area contributed by atoms with Crippen LogP contribution in [-0.4, -0.2) is 44.1 Å². The second-order valence-electron chi connectivity index (χ2n) is 9.19. The first-order chi connectivity index (χ1) is 18.6. The van der Waals surface area contributed by atoms with Gasteiger partial charge < -0.3 is 20.4 Å². The minimum atomic E-state index is -1.18. The first-order valence-electron chi connectivity index (χ1n) is 12.2. The van der Waals surface area contributed by atoms with Crippen molar-refractivity contribution >= 4 is 18.0 Å². The summed E-state index contributed by atoms with van der Waals surface area (Å²) in [7, 11) is 0. The van der Waals surface area contributed by atoms with Crippen LogP contribution in [0.2, 0.25) is 0 Å². The molecule has 2 atom stereocenters. The fourth-order valence-corrected chi connectivity index (χ4v) is 3.97. The standard InChI is InChI=1S/C28H30FN5O5/c1-17(2)26-24(12-11-22(35)13-23(36)14-25(37)39-31)34(21-9-7-20(29)8-10-21)33-27(26)28(38)32-16-19-5-3-18(15-30)4-6-19/h3-12,17,22-23,35-36H,13-14,16,31H2,1-2H3,(H,32,38). The molecule has 0 fully saturated rings. The van der Waals surface area contributed by atoms with Crippen LogP contribution in [0.4, 0.5) is 4.39 Å². The molecule has 0 aliphatic carbocycles. The van der Waals surface area contributed by atoms with E-state index < -0.39 is 29.9 Å². The van der Waals surface area contributed by atoms with E-state index in [4.69, 9.17) is 11.2 Å². The number of nitriles is 1. The van der Waals surface area contributed by atoms with Crippen molar-refractivity contribution in [3.05, 3.63) is 88.5 Å². The fraction of sp³-hybridized carbons (Fsp3) is 0.286. The van der Waals surface area contributed by atoms with Gasteiger partial charge in [-0.2, -0.15) is 16.3 Å². The highest BCUT2D eigenvalue weighted by Gasteiger charge is 2.25. The molecular formula is C28H30FN5O5. The molecule has 3 aromatic rings. The monoisotopic (exact) mass is 535 g/mol. The zero-order valence-electron chi connectivity index (χ0n) is 21.5. The van der Waals surface area contributed by atoms with Gasteiger partial charge in [-0.25, -0.2) is 9.07 Å². The number of hydrogen-bond donors (Lipinski definition) is 4. The van der Waals surface area contributed by atoms with Crippen LogP contribution < -0.4 is 11.2 Å². The van der Waals surface area contributed by atoms with Gasteiger partial charge in [-0.05, 0) is 54.0 Å². The molecule has 0 aliphatic heterocycles. The molecule has 0 radical (unpaired) electrons. The zero-order chi connectivity index (χ0) is 28.5. The molecule has 1 amide bonds. The van der Waals surface area contributed by atoms with Gasteiger partial charge in [0.2, 0.25) is 0 Å². The number of carbonyl (C=O) groups is 2. The van der Waals surface area contributed by atoms with Crippen LogP contribution in [-0.2, 0) is 16.2 Å². The zero-order valence-corrected chi connectivity index (χ0v) is 21.5. The van der Waals surface area contributed by atoms with Gasteiger partial charge in [-0.3, -0.25) is 9.59 Å². The van der Waals surface area contributed by atoms with Gasteiger partial charge in [0.15, 0.2) is 5.69 Å². The van der Waals surface area contributed by atoms with E-state index in [1.807, 2.05) is 19.9 Å². The predicted molar refractivity (Wildman–Crippen MR) is 140 cm³/mol. The van der Waals surface area contributed by atoms with Crippen LogP contribution in [0.25, 0.3) is 11.8 Å². The predicted octanol–water partition coefficient (Wildman–Crippen LogP) is 2.87. The maximum atomic E-state index is 13.6. The third-order valence-corrected chi connectivity index (χ3v) is 5.88. The molecule has 1 aromatic heterocycles. The maximum absolute atomic E-state index is 13.6. The Kier molecular flexibility index (Phi) is 10.1. The van der Waals surface area contributed by atoms with Gasteiger partial charge >= 0.3 is 5.97 Å². The van der Waals surface area contributed by atoms with Crippen molar-refractivity contribution in [2.45, 2.75) is 51.4 Å². The van der Waals surface area contributed by atoms with Crippen LogP contribution in [0.5, 0.6) is 0 Å². The Morgan fingerprint density at radius 2 is 1.85 bits per heavy atom. The number of aromatic nitrogens is 2. The molecule has 11 heteroatoms. The Morgan fingerprint density at radius 3 is 2.44 bits per heavy atom. The topological polar surface area (TPSA) is 163 Å². The van der Waals surface area contributed by atoms with E-state index in [2.05, 4.69) is 15.3 Å². The summed E-state index contributed by atoms with van der Waals surface area (Å²) in [6.45, 7) is 3.98. The van der Waals surface area contributed by atoms with E-state index in [-0.39, 0.29) is 31.0 Å². The van der Waals surface area contributed by atoms with E-state index in [9.17, 15) is 24.2 Å². The van der Waals surface area contributed by atoms with Crippen molar-refractivity contribution < 1.29 is 29.0 Å². The number of nitrogens with one attached hydrogen (secondary N) is 1. The quantitative estimate of drug-likeness (QED) is 0.272. The lowest BCUT2D eigenvalue weighted by Crippen LogP contribution is -2.24. The number of benzene rings is 2. The van der Waals surface area contributed by atoms with Gasteiger partial charge in [-0.15, -0.1) is 0 Å². The van der Waals surface area contributed by atoms with Crippen molar-refractivity contribution in [1.82, 2.24) is 15.1 Å². The number of hydrogen-bond acceptors (Lipinski definition) is 8. The van der Waals surface area contributed by atoms with Crippen molar-refractivity contribution in [3.8, 4) is 11.8 Å². The Hall–Kier alpha value is -4.37.